The average molecular weight is 337 g/mol. The number of fused-ring (bicyclic) bond motifs is 1. The van der Waals surface area contributed by atoms with Crippen LogP contribution in [0.4, 0.5) is 5.69 Å². The third-order valence-corrected chi connectivity index (χ3v) is 5.70. The van der Waals surface area contributed by atoms with Crippen molar-refractivity contribution in [2.75, 3.05) is 11.9 Å². The molecule has 0 aromatic heterocycles. The number of nitrogens with zero attached hydrogens (tertiary/aromatic N) is 2. The van der Waals surface area contributed by atoms with Crippen LogP contribution in [0.3, 0.4) is 0 Å². The summed E-state index contributed by atoms with van der Waals surface area (Å²) in [6.45, 7) is 1.35. The number of para-hydroxylation sites is 1. The van der Waals surface area contributed by atoms with Gasteiger partial charge in [0.2, 0.25) is 5.91 Å². The quantitative estimate of drug-likeness (QED) is 0.627. The van der Waals surface area contributed by atoms with Gasteiger partial charge in [0.05, 0.1) is 10.7 Å². The van der Waals surface area contributed by atoms with Gasteiger partial charge in [-0.1, -0.05) is 23.9 Å². The highest BCUT2D eigenvalue weighted by atomic mass is 32.2. The first-order chi connectivity index (χ1) is 9.99. The van der Waals surface area contributed by atoms with Gasteiger partial charge in [-0.2, -0.15) is 5.01 Å². The number of carbonyl (C=O) groups excluding carboxylic acids is 2. The van der Waals surface area contributed by atoms with Crippen molar-refractivity contribution in [1.82, 2.24) is 10.4 Å². The van der Waals surface area contributed by atoms with Crippen LogP contribution in [-0.2, 0) is 9.59 Å². The molecule has 2 aliphatic rings. The van der Waals surface area contributed by atoms with E-state index in [1.54, 1.807) is 0 Å². The van der Waals surface area contributed by atoms with Crippen LogP contribution in [0.1, 0.15) is 6.92 Å². The standard InChI is InChI=1S/C13H11N3O2S3/c1-7(17)14-16-11(18)10(21-13(16)19)12-15(2)8-5-3-4-6-9(8)20-12/h3-6H,1-2H3,(H,14,17)/b12-10+. The molecule has 0 aliphatic carbocycles. The van der Waals surface area contributed by atoms with E-state index < -0.39 is 0 Å². The molecule has 1 N–H and O–H groups in total. The summed E-state index contributed by atoms with van der Waals surface area (Å²) >= 11 is 7.90. The van der Waals surface area contributed by atoms with Gasteiger partial charge in [0.1, 0.15) is 4.91 Å². The number of hydrogen-bond acceptors (Lipinski definition) is 6. The molecule has 0 radical (unpaired) electrons. The Bertz CT molecular complexity index is 702. The van der Waals surface area contributed by atoms with Crippen LogP contribution in [0, 0.1) is 0 Å². The molecule has 3 rings (SSSR count). The normalized spacial score (nSPS) is 21.0. The predicted octanol–water partition coefficient (Wildman–Crippen LogP) is 2.31. The summed E-state index contributed by atoms with van der Waals surface area (Å²) in [5.74, 6) is -0.615. The summed E-state index contributed by atoms with van der Waals surface area (Å²) < 4.78 is 0.336. The average Bonchev–Trinajstić information content (AvgIpc) is 2.91. The topological polar surface area (TPSA) is 52.7 Å². The zero-order valence-electron chi connectivity index (χ0n) is 11.2. The van der Waals surface area contributed by atoms with Gasteiger partial charge in [-0.15, -0.1) is 0 Å². The molecule has 2 heterocycles. The molecule has 2 aliphatic heterocycles. The molecule has 0 unspecified atom stereocenters. The van der Waals surface area contributed by atoms with E-state index >= 15 is 0 Å². The number of rotatable bonds is 1. The zero-order valence-corrected chi connectivity index (χ0v) is 13.7. The van der Waals surface area contributed by atoms with Gasteiger partial charge in [0.25, 0.3) is 5.91 Å². The van der Waals surface area contributed by atoms with Gasteiger partial charge in [-0.25, -0.2) is 0 Å². The van der Waals surface area contributed by atoms with Crippen molar-refractivity contribution in [3.05, 3.63) is 34.2 Å². The molecule has 0 spiro atoms. The minimum Gasteiger partial charge on any atom is -0.337 e. The van der Waals surface area contributed by atoms with Crippen LogP contribution in [0.15, 0.2) is 39.1 Å². The van der Waals surface area contributed by atoms with Gasteiger partial charge in [-0.3, -0.25) is 15.0 Å². The van der Waals surface area contributed by atoms with Crippen molar-refractivity contribution in [2.45, 2.75) is 11.8 Å². The van der Waals surface area contributed by atoms with E-state index in [0.717, 1.165) is 20.6 Å². The molecule has 108 valence electrons. The van der Waals surface area contributed by atoms with Crippen molar-refractivity contribution in [3.8, 4) is 0 Å². The third kappa shape index (κ3) is 2.43. The van der Waals surface area contributed by atoms with E-state index in [-0.39, 0.29) is 11.8 Å². The Labute approximate surface area is 135 Å². The molecule has 0 saturated carbocycles. The van der Waals surface area contributed by atoms with E-state index in [1.807, 2.05) is 36.2 Å². The van der Waals surface area contributed by atoms with Crippen LogP contribution in [0.2, 0.25) is 0 Å². The zero-order chi connectivity index (χ0) is 15.1. The Morgan fingerprint density at radius 2 is 2.00 bits per heavy atom. The second-order valence-electron chi connectivity index (χ2n) is 4.44. The Morgan fingerprint density at radius 3 is 2.67 bits per heavy atom. The molecule has 1 saturated heterocycles. The second-order valence-corrected chi connectivity index (χ2v) is 7.11. The SMILES string of the molecule is CC(=O)NN1C(=O)/C(=C2\Sc3ccccc3N2C)SC1=S. The highest BCUT2D eigenvalue weighted by Gasteiger charge is 2.38. The summed E-state index contributed by atoms with van der Waals surface area (Å²) in [7, 11) is 1.92. The highest BCUT2D eigenvalue weighted by molar-refractivity contribution is 8.27. The van der Waals surface area contributed by atoms with Crippen molar-refractivity contribution < 1.29 is 9.59 Å². The molecule has 1 aromatic rings. The molecular formula is C13H11N3O2S3. The van der Waals surface area contributed by atoms with E-state index in [0.29, 0.717) is 9.23 Å². The fourth-order valence-corrected chi connectivity index (χ4v) is 4.56. The number of anilines is 1. The van der Waals surface area contributed by atoms with E-state index in [2.05, 4.69) is 5.43 Å². The summed E-state index contributed by atoms with van der Waals surface area (Å²) in [5, 5.41) is 1.96. The predicted molar refractivity (Wildman–Crippen MR) is 88.6 cm³/mol. The van der Waals surface area contributed by atoms with Crippen LogP contribution in [0.5, 0.6) is 0 Å². The molecule has 8 heteroatoms. The maximum Gasteiger partial charge on any atom is 0.287 e. The molecule has 21 heavy (non-hydrogen) atoms. The number of carbonyl (C=O) groups is 2. The summed E-state index contributed by atoms with van der Waals surface area (Å²) in [5.41, 5.74) is 3.51. The van der Waals surface area contributed by atoms with Crippen molar-refractivity contribution in [1.29, 1.82) is 0 Å². The Kier molecular flexibility index (Phi) is 3.68. The van der Waals surface area contributed by atoms with Crippen LogP contribution in [-0.4, -0.2) is 28.2 Å². The number of benzene rings is 1. The molecule has 1 fully saturated rings. The minimum atomic E-state index is -0.326. The fraction of sp³-hybridized carbons (Fsp3) is 0.154. The first-order valence-corrected chi connectivity index (χ1v) is 8.11. The molecular weight excluding hydrogens is 326 g/mol. The number of thioether (sulfide) groups is 2. The number of nitrogens with one attached hydrogen (secondary N) is 1. The molecule has 1 aromatic carbocycles. The van der Waals surface area contributed by atoms with Gasteiger partial charge < -0.3 is 4.90 Å². The van der Waals surface area contributed by atoms with Gasteiger partial charge in [0.15, 0.2) is 4.32 Å². The van der Waals surface area contributed by atoms with Gasteiger partial charge in [0, 0.05) is 18.9 Å². The van der Waals surface area contributed by atoms with Crippen molar-refractivity contribution >= 4 is 57.6 Å². The second kappa shape index (κ2) is 5.36. The minimum absolute atomic E-state index is 0.289. The van der Waals surface area contributed by atoms with Crippen molar-refractivity contribution in [2.24, 2.45) is 0 Å². The maximum atomic E-state index is 12.4. The summed E-state index contributed by atoms with van der Waals surface area (Å²) in [4.78, 5) is 27.2. The van der Waals surface area contributed by atoms with Crippen molar-refractivity contribution in [3.63, 3.8) is 0 Å². The molecule has 5 nitrogen and oxygen atoms in total. The Morgan fingerprint density at radius 1 is 1.29 bits per heavy atom. The number of thiocarbonyl (C=S) groups is 1. The van der Waals surface area contributed by atoms with Crippen LogP contribution >= 0.6 is 35.7 Å². The van der Waals surface area contributed by atoms with Crippen LogP contribution < -0.4 is 10.3 Å². The summed E-state index contributed by atoms with van der Waals surface area (Å²) in [6.07, 6.45) is 0. The molecule has 0 bridgehead atoms. The lowest BCUT2D eigenvalue weighted by atomic mass is 10.3. The molecule has 2 amide bonds. The van der Waals surface area contributed by atoms with E-state index in [1.165, 1.54) is 30.4 Å². The monoisotopic (exact) mass is 337 g/mol. The Hall–Kier alpha value is -1.51. The van der Waals surface area contributed by atoms with Gasteiger partial charge >= 0.3 is 0 Å². The lowest BCUT2D eigenvalue weighted by Crippen LogP contribution is -2.43. The lowest BCUT2D eigenvalue weighted by Gasteiger charge is -2.15. The summed E-state index contributed by atoms with van der Waals surface area (Å²) in [6, 6.07) is 7.94. The number of amides is 2. The first-order valence-electron chi connectivity index (χ1n) is 6.07. The number of hydrogen-bond donors (Lipinski definition) is 1. The lowest BCUT2D eigenvalue weighted by molar-refractivity contribution is -0.132. The maximum absolute atomic E-state index is 12.4. The van der Waals surface area contributed by atoms with Gasteiger partial charge in [-0.05, 0) is 36.1 Å². The molecule has 0 atom stereocenters. The Balaban J connectivity index is 1.97. The fourth-order valence-electron chi connectivity index (χ4n) is 2.05. The number of hydrazine groups is 1. The van der Waals surface area contributed by atoms with E-state index in [9.17, 15) is 9.59 Å². The third-order valence-electron chi connectivity index (χ3n) is 2.97. The first kappa shape index (κ1) is 14.4. The largest absolute Gasteiger partial charge is 0.337 e. The van der Waals surface area contributed by atoms with E-state index in [4.69, 9.17) is 12.2 Å². The van der Waals surface area contributed by atoms with Crippen LogP contribution in [0.25, 0.3) is 0 Å². The highest BCUT2D eigenvalue weighted by Crippen LogP contribution is 2.49. The smallest absolute Gasteiger partial charge is 0.287 e.